The summed E-state index contributed by atoms with van der Waals surface area (Å²) in [6.45, 7) is 0. The topological polar surface area (TPSA) is 37.3 Å². The van der Waals surface area contributed by atoms with Crippen LogP contribution < -0.4 is 0 Å². The molecule has 0 bridgehead atoms. The number of rotatable bonds is 3. The van der Waals surface area contributed by atoms with Crippen molar-refractivity contribution in [2.24, 2.45) is 5.92 Å². The summed E-state index contributed by atoms with van der Waals surface area (Å²) in [6.07, 6.45) is 3.26. The molecule has 0 spiro atoms. The molecule has 2 heteroatoms. The van der Waals surface area contributed by atoms with E-state index in [2.05, 4.69) is 0 Å². The number of Topliss-reactive ketones (excluding diaryl/α,β-unsaturated/α-hetero) is 1. The van der Waals surface area contributed by atoms with Crippen molar-refractivity contribution in [3.8, 4) is 0 Å². The van der Waals surface area contributed by atoms with E-state index in [1.54, 1.807) is 0 Å². The Labute approximate surface area is 125 Å². The van der Waals surface area contributed by atoms with E-state index >= 15 is 0 Å². The molecule has 0 radical (unpaired) electrons. The highest BCUT2D eigenvalue weighted by atomic mass is 16.3. The fourth-order valence-electron chi connectivity index (χ4n) is 3.38. The molecule has 1 saturated carbocycles. The van der Waals surface area contributed by atoms with Gasteiger partial charge in [-0.2, -0.15) is 0 Å². The smallest absolute Gasteiger partial charge is 0.139 e. The van der Waals surface area contributed by atoms with Gasteiger partial charge < -0.3 is 5.11 Å². The van der Waals surface area contributed by atoms with E-state index in [1.807, 2.05) is 60.7 Å². The predicted octanol–water partition coefficient (Wildman–Crippen LogP) is 3.68. The number of ketones is 1. The second-order valence-electron chi connectivity index (χ2n) is 5.76. The molecule has 2 nitrogen and oxygen atoms in total. The molecule has 1 N–H and O–H groups in total. The first-order valence-corrected chi connectivity index (χ1v) is 7.59. The van der Waals surface area contributed by atoms with Crippen LogP contribution in [0, 0.1) is 5.92 Å². The Kier molecular flexibility index (Phi) is 3.89. The average molecular weight is 280 g/mol. The molecule has 0 saturated heterocycles. The first-order valence-electron chi connectivity index (χ1n) is 7.59. The molecule has 0 aromatic heterocycles. The lowest BCUT2D eigenvalue weighted by molar-refractivity contribution is -0.133. The highest BCUT2D eigenvalue weighted by Crippen LogP contribution is 2.42. The van der Waals surface area contributed by atoms with Gasteiger partial charge in [-0.3, -0.25) is 4.79 Å². The number of hydrogen-bond acceptors (Lipinski definition) is 2. The Morgan fingerprint density at radius 3 is 1.86 bits per heavy atom. The lowest BCUT2D eigenvalue weighted by Gasteiger charge is -2.38. The predicted molar refractivity (Wildman–Crippen MR) is 82.8 cm³/mol. The number of benzene rings is 2. The summed E-state index contributed by atoms with van der Waals surface area (Å²) in [4.78, 5) is 12.4. The third-order valence-electron chi connectivity index (χ3n) is 4.49. The maximum absolute atomic E-state index is 12.4. The Bertz CT molecular complexity index is 564. The molecule has 1 aliphatic rings. The van der Waals surface area contributed by atoms with Crippen molar-refractivity contribution in [2.45, 2.75) is 31.3 Å². The van der Waals surface area contributed by atoms with Crippen molar-refractivity contribution in [3.63, 3.8) is 0 Å². The fourth-order valence-corrected chi connectivity index (χ4v) is 3.38. The molecule has 1 unspecified atom stereocenters. The molecule has 108 valence electrons. The zero-order valence-electron chi connectivity index (χ0n) is 12.0. The van der Waals surface area contributed by atoms with Crippen LogP contribution >= 0.6 is 0 Å². The van der Waals surface area contributed by atoms with Crippen LogP contribution in [0.15, 0.2) is 60.7 Å². The van der Waals surface area contributed by atoms with Crippen LogP contribution in [0.1, 0.15) is 36.8 Å². The van der Waals surface area contributed by atoms with Crippen molar-refractivity contribution >= 4 is 5.78 Å². The summed E-state index contributed by atoms with van der Waals surface area (Å²) in [6, 6.07) is 19.2. The largest absolute Gasteiger partial charge is 0.380 e. The van der Waals surface area contributed by atoms with Crippen molar-refractivity contribution in [2.75, 3.05) is 0 Å². The number of carbonyl (C=O) groups is 1. The van der Waals surface area contributed by atoms with E-state index in [-0.39, 0.29) is 11.7 Å². The summed E-state index contributed by atoms with van der Waals surface area (Å²) in [5, 5.41) is 11.5. The van der Waals surface area contributed by atoms with Gasteiger partial charge in [-0.15, -0.1) is 0 Å². The lowest BCUT2D eigenvalue weighted by Crippen LogP contribution is -2.42. The Hall–Kier alpha value is -1.93. The van der Waals surface area contributed by atoms with Crippen LogP contribution in [0.5, 0.6) is 0 Å². The first kappa shape index (κ1) is 14.0. The standard InChI is InChI=1S/C19H20O2/c20-18-14-8-7-13-17(18)19(21,15-9-3-1-4-10-15)16-11-5-2-6-12-16/h1-6,9-12,17,21H,7-8,13-14H2. The van der Waals surface area contributed by atoms with Crippen LogP contribution in [-0.2, 0) is 10.4 Å². The van der Waals surface area contributed by atoms with Crippen molar-refractivity contribution in [1.82, 2.24) is 0 Å². The van der Waals surface area contributed by atoms with Crippen molar-refractivity contribution < 1.29 is 9.90 Å². The van der Waals surface area contributed by atoms with E-state index in [1.165, 1.54) is 0 Å². The second-order valence-corrected chi connectivity index (χ2v) is 5.76. The van der Waals surface area contributed by atoms with Gasteiger partial charge in [0.25, 0.3) is 0 Å². The van der Waals surface area contributed by atoms with Gasteiger partial charge in [0.2, 0.25) is 0 Å². The zero-order valence-corrected chi connectivity index (χ0v) is 12.0. The molecule has 3 rings (SSSR count). The summed E-state index contributed by atoms with van der Waals surface area (Å²) < 4.78 is 0. The molecule has 2 aromatic rings. The molecule has 1 aliphatic carbocycles. The van der Waals surface area contributed by atoms with E-state index in [0.717, 1.165) is 30.4 Å². The van der Waals surface area contributed by atoms with Gasteiger partial charge in [0.1, 0.15) is 11.4 Å². The van der Waals surface area contributed by atoms with E-state index in [0.29, 0.717) is 6.42 Å². The first-order chi connectivity index (χ1) is 10.2. The maximum atomic E-state index is 12.4. The summed E-state index contributed by atoms with van der Waals surface area (Å²) in [7, 11) is 0. The van der Waals surface area contributed by atoms with E-state index < -0.39 is 5.60 Å². The van der Waals surface area contributed by atoms with E-state index in [4.69, 9.17) is 0 Å². The summed E-state index contributed by atoms with van der Waals surface area (Å²) in [5.74, 6) is -0.174. The van der Waals surface area contributed by atoms with Gasteiger partial charge in [-0.25, -0.2) is 0 Å². The molecular weight excluding hydrogens is 260 g/mol. The summed E-state index contributed by atoms with van der Waals surface area (Å²) >= 11 is 0. The van der Waals surface area contributed by atoms with Gasteiger partial charge in [0.15, 0.2) is 0 Å². The number of carbonyl (C=O) groups excluding carboxylic acids is 1. The van der Waals surface area contributed by atoms with Crippen LogP contribution in [0.25, 0.3) is 0 Å². The second kappa shape index (κ2) is 5.82. The normalized spacial score (nSPS) is 19.5. The molecule has 21 heavy (non-hydrogen) atoms. The van der Waals surface area contributed by atoms with Gasteiger partial charge >= 0.3 is 0 Å². The number of hydrogen-bond donors (Lipinski definition) is 1. The highest BCUT2D eigenvalue weighted by molar-refractivity contribution is 5.83. The number of aliphatic hydroxyl groups is 1. The van der Waals surface area contributed by atoms with Gasteiger partial charge in [0, 0.05) is 6.42 Å². The minimum Gasteiger partial charge on any atom is -0.380 e. The minimum absolute atomic E-state index is 0.177. The molecule has 1 atom stereocenters. The van der Waals surface area contributed by atoms with Gasteiger partial charge in [-0.1, -0.05) is 67.1 Å². The zero-order chi connectivity index (χ0) is 14.7. The Balaban J connectivity index is 2.13. The van der Waals surface area contributed by atoms with Crippen molar-refractivity contribution in [3.05, 3.63) is 71.8 Å². The maximum Gasteiger partial charge on any atom is 0.139 e. The third-order valence-corrected chi connectivity index (χ3v) is 4.49. The molecule has 2 aromatic carbocycles. The summed E-state index contributed by atoms with van der Waals surface area (Å²) in [5.41, 5.74) is 0.382. The fraction of sp³-hybridized carbons (Fsp3) is 0.316. The van der Waals surface area contributed by atoms with Gasteiger partial charge in [0.05, 0.1) is 5.92 Å². The Morgan fingerprint density at radius 1 is 0.857 bits per heavy atom. The SMILES string of the molecule is O=C1CCCCC1C(O)(c1ccccc1)c1ccccc1. The molecular formula is C19H20O2. The molecule has 0 aliphatic heterocycles. The monoisotopic (exact) mass is 280 g/mol. The van der Waals surface area contributed by atoms with Crippen molar-refractivity contribution in [1.29, 1.82) is 0 Å². The minimum atomic E-state index is -1.22. The van der Waals surface area contributed by atoms with E-state index in [9.17, 15) is 9.90 Å². The van der Waals surface area contributed by atoms with Gasteiger partial charge in [-0.05, 0) is 24.0 Å². The van der Waals surface area contributed by atoms with Crippen LogP contribution in [-0.4, -0.2) is 10.9 Å². The molecule has 1 fully saturated rings. The van der Waals surface area contributed by atoms with Crippen LogP contribution in [0.3, 0.4) is 0 Å². The molecule has 0 amide bonds. The highest BCUT2D eigenvalue weighted by Gasteiger charge is 2.44. The van der Waals surface area contributed by atoms with Crippen LogP contribution in [0.2, 0.25) is 0 Å². The quantitative estimate of drug-likeness (QED) is 0.931. The molecule has 0 heterocycles. The average Bonchev–Trinajstić information content (AvgIpc) is 2.56. The Morgan fingerprint density at radius 2 is 1.38 bits per heavy atom. The third kappa shape index (κ3) is 2.52. The van der Waals surface area contributed by atoms with Crippen LogP contribution in [0.4, 0.5) is 0 Å². The lowest BCUT2D eigenvalue weighted by atomic mass is 9.69.